The molecule has 0 fully saturated rings. The lowest BCUT2D eigenvalue weighted by Crippen LogP contribution is -2.07. The molecule has 0 aliphatic heterocycles. The monoisotopic (exact) mass is 313 g/mol. The van der Waals surface area contributed by atoms with Crippen molar-refractivity contribution < 1.29 is 14.4 Å². The minimum absolute atomic E-state index is 0.199. The second-order valence-electron chi connectivity index (χ2n) is 4.75. The minimum atomic E-state index is -0.487. The Morgan fingerprint density at radius 2 is 2.26 bits per heavy atom. The SMILES string of the molecule is C=NOc1c[nH]c2ccc(-n3nc(C)c(C(=O)OCC)n3)cc12. The molecule has 0 amide bonds. The molecule has 1 N–H and O–H groups in total. The van der Waals surface area contributed by atoms with Crippen LogP contribution in [0.5, 0.6) is 5.75 Å². The maximum Gasteiger partial charge on any atom is 0.360 e. The number of carbonyl (C=O) groups is 1. The fraction of sp³-hybridized carbons (Fsp3) is 0.200. The topological polar surface area (TPSA) is 94.4 Å². The Labute approximate surface area is 131 Å². The van der Waals surface area contributed by atoms with Gasteiger partial charge in [0.25, 0.3) is 0 Å². The van der Waals surface area contributed by atoms with E-state index in [1.807, 2.05) is 18.2 Å². The van der Waals surface area contributed by atoms with Crippen LogP contribution in [-0.4, -0.2) is 39.3 Å². The van der Waals surface area contributed by atoms with Gasteiger partial charge in [0.2, 0.25) is 0 Å². The van der Waals surface area contributed by atoms with E-state index in [4.69, 9.17) is 9.57 Å². The largest absolute Gasteiger partial charge is 0.461 e. The molecule has 2 aromatic heterocycles. The van der Waals surface area contributed by atoms with Crippen LogP contribution in [0.15, 0.2) is 29.6 Å². The summed E-state index contributed by atoms with van der Waals surface area (Å²) in [5.41, 5.74) is 2.26. The van der Waals surface area contributed by atoms with E-state index >= 15 is 0 Å². The first-order valence-electron chi connectivity index (χ1n) is 6.99. The first-order valence-corrected chi connectivity index (χ1v) is 6.99. The molecule has 0 unspecified atom stereocenters. The van der Waals surface area contributed by atoms with Crippen LogP contribution in [0, 0.1) is 6.92 Å². The number of fused-ring (bicyclic) bond motifs is 1. The molecular weight excluding hydrogens is 298 g/mol. The van der Waals surface area contributed by atoms with Crippen LogP contribution in [0.1, 0.15) is 23.1 Å². The Hall–Kier alpha value is -3.16. The molecule has 1 aromatic carbocycles. The molecule has 8 heteroatoms. The van der Waals surface area contributed by atoms with Gasteiger partial charge in [0.1, 0.15) is 0 Å². The van der Waals surface area contributed by atoms with Crippen LogP contribution >= 0.6 is 0 Å². The van der Waals surface area contributed by atoms with E-state index in [2.05, 4.69) is 27.1 Å². The number of nitrogens with zero attached hydrogens (tertiary/aromatic N) is 4. The summed E-state index contributed by atoms with van der Waals surface area (Å²) in [6.45, 7) is 7.05. The summed E-state index contributed by atoms with van der Waals surface area (Å²) in [5, 5.41) is 12.7. The summed E-state index contributed by atoms with van der Waals surface area (Å²) in [5.74, 6) is 0.0604. The average Bonchev–Trinajstić information content (AvgIpc) is 3.11. The Bertz CT molecular complexity index is 881. The van der Waals surface area contributed by atoms with Crippen molar-refractivity contribution in [3.63, 3.8) is 0 Å². The standard InChI is InChI=1S/C15H15N5O3/c1-4-22-15(21)14-9(2)18-20(19-14)10-5-6-12-11(7-10)13(8-17-12)23-16-3/h5-8,17H,3-4H2,1-2H3. The lowest BCUT2D eigenvalue weighted by molar-refractivity contribution is 0.0518. The Kier molecular flexibility index (Phi) is 3.80. The van der Waals surface area contributed by atoms with Gasteiger partial charge in [-0.3, -0.25) is 0 Å². The van der Waals surface area contributed by atoms with Gasteiger partial charge in [-0.2, -0.15) is 9.90 Å². The van der Waals surface area contributed by atoms with Crippen molar-refractivity contribution in [2.24, 2.45) is 5.16 Å². The number of esters is 1. The molecule has 0 aliphatic rings. The van der Waals surface area contributed by atoms with Crippen molar-refractivity contribution in [2.75, 3.05) is 6.61 Å². The maximum absolute atomic E-state index is 11.8. The molecule has 118 valence electrons. The number of aromatic nitrogens is 4. The Morgan fingerprint density at radius 3 is 3.00 bits per heavy atom. The molecule has 0 aliphatic carbocycles. The molecule has 0 saturated carbocycles. The van der Waals surface area contributed by atoms with Gasteiger partial charge in [-0.15, -0.1) is 5.10 Å². The number of hydrogen-bond acceptors (Lipinski definition) is 6. The highest BCUT2D eigenvalue weighted by atomic mass is 16.6. The summed E-state index contributed by atoms with van der Waals surface area (Å²) in [6.07, 6.45) is 1.69. The van der Waals surface area contributed by atoms with Gasteiger partial charge in [-0.25, -0.2) is 4.79 Å². The predicted molar refractivity (Wildman–Crippen MR) is 84.1 cm³/mol. The van der Waals surface area contributed by atoms with Crippen LogP contribution in [0.4, 0.5) is 0 Å². The minimum Gasteiger partial charge on any atom is -0.461 e. The second-order valence-corrected chi connectivity index (χ2v) is 4.75. The molecule has 0 atom stereocenters. The number of aromatic amines is 1. The Balaban J connectivity index is 2.03. The number of nitrogens with one attached hydrogen (secondary N) is 1. The molecule has 3 rings (SSSR count). The van der Waals surface area contributed by atoms with E-state index in [0.29, 0.717) is 17.1 Å². The summed E-state index contributed by atoms with van der Waals surface area (Å²) >= 11 is 0. The quantitative estimate of drug-likeness (QED) is 0.443. The number of aryl methyl sites for hydroxylation is 1. The molecular formula is C15H15N5O3. The Morgan fingerprint density at radius 1 is 1.43 bits per heavy atom. The average molecular weight is 313 g/mol. The normalized spacial score (nSPS) is 10.7. The first kappa shape index (κ1) is 14.8. The fourth-order valence-electron chi connectivity index (χ4n) is 2.23. The highest BCUT2D eigenvalue weighted by molar-refractivity contribution is 5.89. The smallest absolute Gasteiger partial charge is 0.360 e. The van der Waals surface area contributed by atoms with Gasteiger partial charge in [0.15, 0.2) is 11.4 Å². The van der Waals surface area contributed by atoms with Crippen LogP contribution in [0.25, 0.3) is 16.6 Å². The van der Waals surface area contributed by atoms with Crippen LogP contribution in [-0.2, 0) is 4.74 Å². The fourth-order valence-corrected chi connectivity index (χ4v) is 2.23. The highest BCUT2D eigenvalue weighted by Crippen LogP contribution is 2.27. The van der Waals surface area contributed by atoms with Crippen LogP contribution < -0.4 is 4.84 Å². The summed E-state index contributed by atoms with van der Waals surface area (Å²) in [6, 6.07) is 5.53. The molecule has 23 heavy (non-hydrogen) atoms. The van der Waals surface area contributed by atoms with E-state index < -0.39 is 5.97 Å². The molecule has 0 spiro atoms. The van der Waals surface area contributed by atoms with Crippen LogP contribution in [0.2, 0.25) is 0 Å². The number of benzene rings is 1. The first-order chi connectivity index (χ1) is 11.1. The summed E-state index contributed by atoms with van der Waals surface area (Å²) < 4.78 is 4.97. The van der Waals surface area contributed by atoms with E-state index in [-0.39, 0.29) is 12.3 Å². The zero-order valence-electron chi connectivity index (χ0n) is 12.7. The zero-order valence-corrected chi connectivity index (χ0v) is 12.7. The number of carbonyl (C=O) groups excluding carboxylic acids is 1. The van der Waals surface area contributed by atoms with Crippen molar-refractivity contribution in [1.29, 1.82) is 0 Å². The van der Waals surface area contributed by atoms with Gasteiger partial charge in [0, 0.05) is 23.8 Å². The number of ether oxygens (including phenoxy) is 1. The van der Waals surface area contributed by atoms with Crippen molar-refractivity contribution in [3.8, 4) is 11.4 Å². The maximum atomic E-state index is 11.8. The van der Waals surface area contributed by atoms with Gasteiger partial charge >= 0.3 is 5.97 Å². The number of H-pyrrole nitrogens is 1. The lowest BCUT2D eigenvalue weighted by atomic mass is 10.2. The number of hydrogen-bond donors (Lipinski definition) is 1. The van der Waals surface area contributed by atoms with Gasteiger partial charge < -0.3 is 14.6 Å². The van der Waals surface area contributed by atoms with E-state index in [1.165, 1.54) is 4.80 Å². The van der Waals surface area contributed by atoms with E-state index in [1.54, 1.807) is 20.0 Å². The van der Waals surface area contributed by atoms with Crippen molar-refractivity contribution >= 4 is 23.6 Å². The predicted octanol–water partition coefficient (Wildman–Crippen LogP) is 2.23. The molecule has 0 bridgehead atoms. The third kappa shape index (κ3) is 2.66. The third-order valence-electron chi connectivity index (χ3n) is 3.27. The van der Waals surface area contributed by atoms with Crippen LogP contribution in [0.3, 0.4) is 0 Å². The molecule has 3 aromatic rings. The number of oxime groups is 1. The van der Waals surface area contributed by atoms with Crippen molar-refractivity contribution in [1.82, 2.24) is 20.0 Å². The third-order valence-corrected chi connectivity index (χ3v) is 3.27. The molecule has 0 saturated heterocycles. The van der Waals surface area contributed by atoms with Gasteiger partial charge in [0.05, 0.1) is 18.0 Å². The zero-order chi connectivity index (χ0) is 16.4. The highest BCUT2D eigenvalue weighted by Gasteiger charge is 2.18. The molecule has 0 radical (unpaired) electrons. The van der Waals surface area contributed by atoms with E-state index in [0.717, 1.165) is 10.9 Å². The number of rotatable bonds is 5. The van der Waals surface area contributed by atoms with Gasteiger partial charge in [-0.1, -0.05) is 5.16 Å². The summed E-state index contributed by atoms with van der Waals surface area (Å²) in [7, 11) is 0. The second kappa shape index (κ2) is 5.91. The van der Waals surface area contributed by atoms with Crippen molar-refractivity contribution in [2.45, 2.75) is 13.8 Å². The lowest BCUT2D eigenvalue weighted by Gasteiger charge is -2.01. The van der Waals surface area contributed by atoms with Crippen molar-refractivity contribution in [3.05, 3.63) is 35.8 Å². The molecule has 8 nitrogen and oxygen atoms in total. The van der Waals surface area contributed by atoms with Gasteiger partial charge in [-0.05, 0) is 32.0 Å². The molecule has 2 heterocycles. The van der Waals surface area contributed by atoms with E-state index in [9.17, 15) is 4.79 Å². The summed E-state index contributed by atoms with van der Waals surface area (Å²) in [4.78, 5) is 21.4.